The van der Waals surface area contributed by atoms with E-state index < -0.39 is 0 Å². The van der Waals surface area contributed by atoms with Crippen molar-refractivity contribution in [3.8, 4) is 0 Å². The molecule has 1 aliphatic carbocycles. The molecule has 1 nitrogen and oxygen atoms in total. The number of rotatable bonds is 5. The molecule has 16 heavy (non-hydrogen) atoms. The van der Waals surface area contributed by atoms with Crippen molar-refractivity contribution in [1.82, 2.24) is 5.32 Å². The minimum absolute atomic E-state index is 0.669. The first-order valence-corrected chi connectivity index (χ1v) is 6.49. The van der Waals surface area contributed by atoms with Gasteiger partial charge in [0.2, 0.25) is 0 Å². The topological polar surface area (TPSA) is 12.0 Å². The third-order valence-electron chi connectivity index (χ3n) is 3.95. The van der Waals surface area contributed by atoms with E-state index in [2.05, 4.69) is 50.5 Å². The highest BCUT2D eigenvalue weighted by atomic mass is 14.9. The molecule has 1 aromatic carbocycles. The smallest absolute Gasteiger partial charge is 0.0135 e. The Balaban J connectivity index is 1.96. The van der Waals surface area contributed by atoms with Crippen molar-refractivity contribution in [2.24, 2.45) is 11.8 Å². The van der Waals surface area contributed by atoms with E-state index in [1.54, 1.807) is 0 Å². The van der Waals surface area contributed by atoms with Gasteiger partial charge in [0.05, 0.1) is 0 Å². The van der Waals surface area contributed by atoms with Gasteiger partial charge in [0.15, 0.2) is 0 Å². The van der Waals surface area contributed by atoms with Gasteiger partial charge in [0.1, 0.15) is 0 Å². The zero-order valence-electron chi connectivity index (χ0n) is 10.7. The first kappa shape index (κ1) is 11.7. The average molecular weight is 217 g/mol. The summed E-state index contributed by atoms with van der Waals surface area (Å²) >= 11 is 0. The third-order valence-corrected chi connectivity index (χ3v) is 3.95. The van der Waals surface area contributed by atoms with Gasteiger partial charge >= 0.3 is 0 Å². The monoisotopic (exact) mass is 217 g/mol. The van der Waals surface area contributed by atoms with Crippen LogP contribution < -0.4 is 5.32 Å². The lowest BCUT2D eigenvalue weighted by Crippen LogP contribution is -2.30. The van der Waals surface area contributed by atoms with Crippen LogP contribution in [-0.2, 0) is 12.8 Å². The van der Waals surface area contributed by atoms with Crippen LogP contribution in [0.2, 0.25) is 0 Å². The molecule has 1 saturated carbocycles. The number of hydrogen-bond donors (Lipinski definition) is 1. The fourth-order valence-electron chi connectivity index (χ4n) is 2.54. The van der Waals surface area contributed by atoms with Crippen LogP contribution in [-0.4, -0.2) is 13.1 Å². The molecule has 3 atom stereocenters. The van der Waals surface area contributed by atoms with Gasteiger partial charge in [-0.1, -0.05) is 38.1 Å². The van der Waals surface area contributed by atoms with Gasteiger partial charge in [0.25, 0.3) is 0 Å². The predicted molar refractivity (Wildman–Crippen MR) is 69.6 cm³/mol. The lowest BCUT2D eigenvalue weighted by Gasteiger charge is -2.16. The summed E-state index contributed by atoms with van der Waals surface area (Å²) in [5.41, 5.74) is 2.90. The predicted octanol–water partition coefficient (Wildman–Crippen LogP) is 3.04. The van der Waals surface area contributed by atoms with Crippen molar-refractivity contribution in [1.29, 1.82) is 0 Å². The summed E-state index contributed by atoms with van der Waals surface area (Å²) in [6.45, 7) is 4.56. The highest BCUT2D eigenvalue weighted by molar-refractivity contribution is 5.23. The van der Waals surface area contributed by atoms with E-state index in [1.807, 2.05) is 0 Å². The summed E-state index contributed by atoms with van der Waals surface area (Å²) < 4.78 is 0. The highest BCUT2D eigenvalue weighted by Gasteiger charge is 2.38. The quantitative estimate of drug-likeness (QED) is 0.799. The summed E-state index contributed by atoms with van der Waals surface area (Å²) in [6, 6.07) is 9.77. The van der Waals surface area contributed by atoms with E-state index in [0.29, 0.717) is 6.04 Å². The Kier molecular flexibility index (Phi) is 3.65. The van der Waals surface area contributed by atoms with E-state index in [4.69, 9.17) is 0 Å². The average Bonchev–Trinajstić information content (AvgIpc) is 3.04. The third kappa shape index (κ3) is 2.65. The maximum absolute atomic E-state index is 3.47. The molecule has 3 unspecified atom stereocenters. The first-order chi connectivity index (χ1) is 7.74. The fraction of sp³-hybridized carbons (Fsp3) is 0.600. The molecule has 1 N–H and O–H groups in total. The summed E-state index contributed by atoms with van der Waals surface area (Å²) in [7, 11) is 2.09. The maximum Gasteiger partial charge on any atom is 0.0135 e. The fourth-order valence-corrected chi connectivity index (χ4v) is 2.54. The molecule has 0 radical (unpaired) electrons. The lowest BCUT2D eigenvalue weighted by atomic mass is 10.00. The molecule has 0 aromatic heterocycles. The van der Waals surface area contributed by atoms with Gasteiger partial charge in [-0.3, -0.25) is 0 Å². The molecule has 0 bridgehead atoms. The summed E-state index contributed by atoms with van der Waals surface area (Å²) in [5, 5.41) is 3.47. The standard InChI is InChI=1S/C15H23N/c1-4-12-5-7-13(8-6-12)10-15(16-3)14-9-11(14)2/h5-8,11,14-16H,4,9-10H2,1-3H3. The minimum Gasteiger partial charge on any atom is -0.316 e. The number of aryl methyl sites for hydroxylation is 1. The molecule has 0 heterocycles. The van der Waals surface area contributed by atoms with Gasteiger partial charge in [-0.2, -0.15) is 0 Å². The van der Waals surface area contributed by atoms with E-state index in [0.717, 1.165) is 18.3 Å². The van der Waals surface area contributed by atoms with Crippen molar-refractivity contribution < 1.29 is 0 Å². The number of likely N-dealkylation sites (N-methyl/N-ethyl adjacent to an activating group) is 1. The first-order valence-electron chi connectivity index (χ1n) is 6.49. The Hall–Kier alpha value is -0.820. The van der Waals surface area contributed by atoms with Crippen LogP contribution in [0.25, 0.3) is 0 Å². The minimum atomic E-state index is 0.669. The number of nitrogens with one attached hydrogen (secondary N) is 1. The molecular weight excluding hydrogens is 194 g/mol. The van der Waals surface area contributed by atoms with Crippen molar-refractivity contribution in [2.75, 3.05) is 7.05 Å². The van der Waals surface area contributed by atoms with Gasteiger partial charge in [-0.15, -0.1) is 0 Å². The van der Waals surface area contributed by atoms with Crippen molar-refractivity contribution in [3.63, 3.8) is 0 Å². The van der Waals surface area contributed by atoms with E-state index in [9.17, 15) is 0 Å². The van der Waals surface area contributed by atoms with Crippen LogP contribution in [0.3, 0.4) is 0 Å². The van der Waals surface area contributed by atoms with Crippen LogP contribution in [0, 0.1) is 11.8 Å². The SMILES string of the molecule is CCc1ccc(CC(NC)C2CC2C)cc1. The van der Waals surface area contributed by atoms with Gasteiger partial charge in [-0.25, -0.2) is 0 Å². The lowest BCUT2D eigenvalue weighted by molar-refractivity contribution is 0.479. The molecule has 1 aromatic rings. The van der Waals surface area contributed by atoms with Crippen molar-refractivity contribution in [2.45, 2.75) is 39.2 Å². The van der Waals surface area contributed by atoms with E-state index >= 15 is 0 Å². The zero-order chi connectivity index (χ0) is 11.5. The Morgan fingerprint density at radius 2 is 1.81 bits per heavy atom. The Morgan fingerprint density at radius 1 is 1.25 bits per heavy atom. The normalized spacial score (nSPS) is 25.4. The Bertz CT molecular complexity index is 328. The maximum atomic E-state index is 3.47. The highest BCUT2D eigenvalue weighted by Crippen LogP contribution is 2.41. The molecule has 88 valence electrons. The van der Waals surface area contributed by atoms with Crippen LogP contribution in [0.5, 0.6) is 0 Å². The van der Waals surface area contributed by atoms with Crippen molar-refractivity contribution in [3.05, 3.63) is 35.4 Å². The van der Waals surface area contributed by atoms with Gasteiger partial charge < -0.3 is 5.32 Å². The van der Waals surface area contributed by atoms with Gasteiger partial charge in [-0.05, 0) is 49.3 Å². The molecule has 1 heteroatoms. The van der Waals surface area contributed by atoms with Crippen molar-refractivity contribution >= 4 is 0 Å². The molecule has 0 saturated heterocycles. The second-order valence-corrected chi connectivity index (χ2v) is 5.15. The van der Waals surface area contributed by atoms with Crippen LogP contribution in [0.15, 0.2) is 24.3 Å². The van der Waals surface area contributed by atoms with Crippen LogP contribution in [0.1, 0.15) is 31.4 Å². The summed E-state index contributed by atoms with van der Waals surface area (Å²) in [6.07, 6.45) is 3.71. The molecule has 2 rings (SSSR count). The summed E-state index contributed by atoms with van der Waals surface area (Å²) in [4.78, 5) is 0. The molecule has 0 aliphatic heterocycles. The molecule has 1 fully saturated rings. The second-order valence-electron chi connectivity index (χ2n) is 5.15. The van der Waals surface area contributed by atoms with Crippen LogP contribution in [0.4, 0.5) is 0 Å². The molecule has 0 amide bonds. The Labute approximate surface area is 99.3 Å². The Morgan fingerprint density at radius 3 is 2.25 bits per heavy atom. The molecule has 1 aliphatic rings. The second kappa shape index (κ2) is 5.01. The number of benzene rings is 1. The largest absolute Gasteiger partial charge is 0.316 e. The van der Waals surface area contributed by atoms with Gasteiger partial charge in [0, 0.05) is 6.04 Å². The molecular formula is C15H23N. The van der Waals surface area contributed by atoms with E-state index in [-0.39, 0.29) is 0 Å². The summed E-state index contributed by atoms with van der Waals surface area (Å²) in [5.74, 6) is 1.82. The van der Waals surface area contributed by atoms with E-state index in [1.165, 1.54) is 24.0 Å². The zero-order valence-corrected chi connectivity index (χ0v) is 10.7. The number of hydrogen-bond acceptors (Lipinski definition) is 1. The molecule has 0 spiro atoms. The van der Waals surface area contributed by atoms with Crippen LogP contribution >= 0.6 is 0 Å².